The van der Waals surface area contributed by atoms with E-state index in [-0.39, 0.29) is 27.0 Å². The Morgan fingerprint density at radius 2 is 2.05 bits per heavy atom. The van der Waals surface area contributed by atoms with Gasteiger partial charge in [0.1, 0.15) is 0 Å². The summed E-state index contributed by atoms with van der Waals surface area (Å²) in [5, 5.41) is 10.8. The van der Waals surface area contributed by atoms with Crippen molar-refractivity contribution in [3.8, 4) is 0 Å². The van der Waals surface area contributed by atoms with Crippen LogP contribution in [0.25, 0.3) is 0 Å². The maximum atomic E-state index is 12.5. The second-order valence-electron chi connectivity index (χ2n) is 5.38. The number of hydrogen-bond donors (Lipinski definition) is 2. The molecule has 0 amide bonds. The van der Waals surface area contributed by atoms with Gasteiger partial charge in [0.25, 0.3) is 5.69 Å². The van der Waals surface area contributed by atoms with E-state index in [1.54, 1.807) is 0 Å². The molecule has 0 radical (unpaired) electrons. The number of rotatable bonds is 5. The van der Waals surface area contributed by atoms with Gasteiger partial charge < -0.3 is 5.73 Å². The lowest BCUT2D eigenvalue weighted by atomic mass is 9.85. The van der Waals surface area contributed by atoms with E-state index >= 15 is 0 Å². The fourth-order valence-corrected chi connectivity index (χ4v) is 4.76. The predicted octanol–water partition coefficient (Wildman–Crippen LogP) is 2.15. The molecule has 1 aliphatic carbocycles. The van der Waals surface area contributed by atoms with Gasteiger partial charge in [0.2, 0.25) is 10.0 Å². The zero-order valence-electron chi connectivity index (χ0n) is 11.9. The van der Waals surface area contributed by atoms with Gasteiger partial charge in [0.15, 0.2) is 0 Å². The highest BCUT2D eigenvalue weighted by atomic mass is 79.9. The Balaban J connectivity index is 2.23. The average Bonchev–Trinajstić information content (AvgIpc) is 2.47. The van der Waals surface area contributed by atoms with Crippen LogP contribution in [0.2, 0.25) is 0 Å². The summed E-state index contributed by atoms with van der Waals surface area (Å²) >= 11 is 3.04. The molecule has 1 aliphatic rings. The molecule has 7 nitrogen and oxygen atoms in total. The minimum Gasteiger partial charge on any atom is -0.330 e. The van der Waals surface area contributed by atoms with Gasteiger partial charge in [0, 0.05) is 12.1 Å². The number of nitro groups is 1. The van der Waals surface area contributed by atoms with Crippen molar-refractivity contribution in [3.63, 3.8) is 0 Å². The lowest BCUT2D eigenvalue weighted by Crippen LogP contribution is -2.44. The van der Waals surface area contributed by atoms with Crippen LogP contribution >= 0.6 is 15.9 Å². The third kappa shape index (κ3) is 3.83. The largest absolute Gasteiger partial charge is 0.330 e. The zero-order valence-corrected chi connectivity index (χ0v) is 14.3. The minimum absolute atomic E-state index is 0.00585. The van der Waals surface area contributed by atoms with Crippen LogP contribution in [0, 0.1) is 16.0 Å². The summed E-state index contributed by atoms with van der Waals surface area (Å²) < 4.78 is 27.7. The maximum absolute atomic E-state index is 12.5. The van der Waals surface area contributed by atoms with Gasteiger partial charge >= 0.3 is 0 Å². The van der Waals surface area contributed by atoms with Gasteiger partial charge in [0.05, 0.1) is 14.3 Å². The molecule has 1 aromatic rings. The van der Waals surface area contributed by atoms with Gasteiger partial charge in [-0.05, 0) is 53.4 Å². The summed E-state index contributed by atoms with van der Waals surface area (Å²) in [6, 6.07) is 3.49. The van der Waals surface area contributed by atoms with Crippen LogP contribution in [-0.2, 0) is 10.0 Å². The Bertz CT molecular complexity index is 665. The standard InChI is InChI=1S/C13H18BrN3O4S/c14-11-7-10(5-6-13(11)17(18)19)22(20,21)16-12-4-2-1-3-9(12)8-15/h5-7,9,12,16H,1-4,8,15H2. The van der Waals surface area contributed by atoms with Crippen molar-refractivity contribution in [1.29, 1.82) is 0 Å². The van der Waals surface area contributed by atoms with E-state index < -0.39 is 14.9 Å². The third-order valence-electron chi connectivity index (χ3n) is 3.94. The van der Waals surface area contributed by atoms with E-state index in [0.29, 0.717) is 6.54 Å². The van der Waals surface area contributed by atoms with Crippen molar-refractivity contribution >= 4 is 31.6 Å². The first-order chi connectivity index (χ1) is 10.3. The Hall–Kier alpha value is -1.03. The van der Waals surface area contributed by atoms with Gasteiger partial charge in [-0.1, -0.05) is 12.8 Å². The van der Waals surface area contributed by atoms with Gasteiger partial charge in [-0.15, -0.1) is 0 Å². The summed E-state index contributed by atoms with van der Waals surface area (Å²) in [6.07, 6.45) is 3.69. The number of halogens is 1. The molecule has 0 saturated heterocycles. The summed E-state index contributed by atoms with van der Waals surface area (Å²) in [6.45, 7) is 0.442. The zero-order chi connectivity index (χ0) is 16.3. The van der Waals surface area contributed by atoms with E-state index in [4.69, 9.17) is 5.73 Å². The highest BCUT2D eigenvalue weighted by molar-refractivity contribution is 9.10. The number of hydrogen-bond acceptors (Lipinski definition) is 5. The van der Waals surface area contributed by atoms with E-state index in [1.165, 1.54) is 18.2 Å². The summed E-state index contributed by atoms with van der Waals surface area (Å²) in [5.41, 5.74) is 5.54. The smallest absolute Gasteiger partial charge is 0.283 e. The maximum Gasteiger partial charge on any atom is 0.283 e. The first-order valence-electron chi connectivity index (χ1n) is 7.01. The molecule has 122 valence electrons. The lowest BCUT2D eigenvalue weighted by molar-refractivity contribution is -0.385. The molecule has 1 fully saturated rings. The fourth-order valence-electron chi connectivity index (χ4n) is 2.72. The highest BCUT2D eigenvalue weighted by Gasteiger charge is 2.29. The molecule has 3 N–H and O–H groups in total. The van der Waals surface area contributed by atoms with Crippen molar-refractivity contribution in [2.45, 2.75) is 36.6 Å². The normalized spacial score (nSPS) is 22.5. The van der Waals surface area contributed by atoms with Gasteiger partial charge in [-0.3, -0.25) is 10.1 Å². The van der Waals surface area contributed by atoms with Gasteiger partial charge in [-0.2, -0.15) is 0 Å². The summed E-state index contributed by atoms with van der Waals surface area (Å²) in [5.74, 6) is 0.130. The van der Waals surface area contributed by atoms with Crippen molar-refractivity contribution in [2.75, 3.05) is 6.54 Å². The average molecular weight is 392 g/mol. The number of benzene rings is 1. The van der Waals surface area contributed by atoms with E-state index in [9.17, 15) is 18.5 Å². The second-order valence-corrected chi connectivity index (χ2v) is 7.95. The predicted molar refractivity (Wildman–Crippen MR) is 85.9 cm³/mol. The van der Waals surface area contributed by atoms with Crippen LogP contribution < -0.4 is 10.5 Å². The topological polar surface area (TPSA) is 115 Å². The molecule has 0 spiro atoms. The molecule has 0 aliphatic heterocycles. The van der Waals surface area contributed by atoms with Crippen molar-refractivity contribution in [3.05, 3.63) is 32.8 Å². The molecule has 2 rings (SSSR count). The molecule has 0 heterocycles. The second kappa shape index (κ2) is 7.03. The summed E-state index contributed by atoms with van der Waals surface area (Å²) in [4.78, 5) is 10.2. The van der Waals surface area contributed by atoms with E-state index in [0.717, 1.165) is 25.7 Å². The Labute approximate surface area is 137 Å². The lowest BCUT2D eigenvalue weighted by Gasteiger charge is -2.31. The summed E-state index contributed by atoms with van der Waals surface area (Å²) in [7, 11) is -3.73. The quantitative estimate of drug-likeness (QED) is 0.589. The van der Waals surface area contributed by atoms with Crippen LogP contribution in [0.1, 0.15) is 25.7 Å². The Morgan fingerprint density at radius 3 is 2.64 bits per heavy atom. The molecule has 1 saturated carbocycles. The number of nitro benzene ring substituents is 1. The van der Waals surface area contributed by atoms with Crippen molar-refractivity contribution in [1.82, 2.24) is 4.72 Å². The molecule has 22 heavy (non-hydrogen) atoms. The Kier molecular flexibility index (Phi) is 5.54. The van der Waals surface area contributed by atoms with Gasteiger partial charge in [-0.25, -0.2) is 13.1 Å². The number of nitrogens with one attached hydrogen (secondary N) is 1. The molecule has 1 aromatic carbocycles. The minimum atomic E-state index is -3.73. The number of nitrogens with zero attached hydrogens (tertiary/aromatic N) is 1. The molecule has 0 aromatic heterocycles. The van der Waals surface area contributed by atoms with Crippen molar-refractivity contribution < 1.29 is 13.3 Å². The third-order valence-corrected chi connectivity index (χ3v) is 6.07. The first kappa shape index (κ1) is 17.3. The first-order valence-corrected chi connectivity index (χ1v) is 9.29. The highest BCUT2D eigenvalue weighted by Crippen LogP contribution is 2.29. The van der Waals surface area contributed by atoms with Crippen LogP contribution in [0.4, 0.5) is 5.69 Å². The molecule has 9 heteroatoms. The Morgan fingerprint density at radius 1 is 1.36 bits per heavy atom. The van der Waals surface area contributed by atoms with Crippen LogP contribution in [0.3, 0.4) is 0 Å². The molecular formula is C13H18BrN3O4S. The SMILES string of the molecule is NCC1CCCCC1NS(=O)(=O)c1ccc([N+](=O)[O-])c(Br)c1. The fraction of sp³-hybridized carbons (Fsp3) is 0.538. The number of sulfonamides is 1. The molecule has 2 atom stereocenters. The monoisotopic (exact) mass is 391 g/mol. The molecule has 0 bridgehead atoms. The van der Waals surface area contributed by atoms with Crippen LogP contribution in [0.5, 0.6) is 0 Å². The van der Waals surface area contributed by atoms with E-state index in [2.05, 4.69) is 20.7 Å². The molecular weight excluding hydrogens is 374 g/mol. The van der Waals surface area contributed by atoms with Crippen LogP contribution in [-0.4, -0.2) is 25.9 Å². The van der Waals surface area contributed by atoms with Crippen molar-refractivity contribution in [2.24, 2.45) is 11.7 Å². The van der Waals surface area contributed by atoms with E-state index in [1.807, 2.05) is 0 Å². The van der Waals surface area contributed by atoms with Crippen LogP contribution in [0.15, 0.2) is 27.6 Å². The molecule has 2 unspecified atom stereocenters. The number of nitrogens with two attached hydrogens (primary N) is 1.